The van der Waals surface area contributed by atoms with Crippen LogP contribution in [-0.2, 0) is 11.2 Å². The summed E-state index contributed by atoms with van der Waals surface area (Å²) in [4.78, 5) is 15.5. The average Bonchev–Trinajstić information content (AvgIpc) is 3.12. The Morgan fingerprint density at radius 3 is 3.05 bits per heavy atom. The highest BCUT2D eigenvalue weighted by Gasteiger charge is 2.24. The molecule has 1 atom stereocenters. The predicted molar refractivity (Wildman–Crippen MR) is 76.5 cm³/mol. The Labute approximate surface area is 120 Å². The minimum atomic E-state index is -0.804. The maximum Gasteiger partial charge on any atom is 0.357 e. The Morgan fingerprint density at radius 1 is 1.45 bits per heavy atom. The molecule has 102 valence electrons. The van der Waals surface area contributed by atoms with Gasteiger partial charge in [-0.05, 0) is 23.1 Å². The molecule has 0 amide bonds. The van der Waals surface area contributed by atoms with E-state index >= 15 is 0 Å². The van der Waals surface area contributed by atoms with E-state index in [1.807, 2.05) is 30.3 Å². The number of aliphatic hydroxyl groups excluding tert-OH is 1. The van der Waals surface area contributed by atoms with E-state index in [9.17, 15) is 9.90 Å². The smallest absolute Gasteiger partial charge is 0.357 e. The molecule has 0 radical (unpaired) electrons. The van der Waals surface area contributed by atoms with E-state index in [2.05, 4.69) is 9.72 Å². The lowest BCUT2D eigenvalue weighted by Gasteiger charge is -2.11. The summed E-state index contributed by atoms with van der Waals surface area (Å²) < 4.78 is 4.62. The molecule has 1 heterocycles. The number of allylic oxidation sites excluding steroid dienone is 1. The highest BCUT2D eigenvalue weighted by Crippen LogP contribution is 2.37. The molecule has 0 aliphatic heterocycles. The van der Waals surface area contributed by atoms with Crippen molar-refractivity contribution in [2.45, 2.75) is 12.5 Å². The number of carbonyl (C=O) groups is 1. The highest BCUT2D eigenvalue weighted by atomic mass is 32.1. The van der Waals surface area contributed by atoms with Crippen molar-refractivity contribution < 1.29 is 14.6 Å². The van der Waals surface area contributed by atoms with Crippen molar-refractivity contribution in [3.05, 3.63) is 57.6 Å². The number of methoxy groups -OCH3 is 1. The molecule has 1 aliphatic carbocycles. The molecule has 0 bridgehead atoms. The number of fused-ring (bicyclic) bond motifs is 1. The summed E-state index contributed by atoms with van der Waals surface area (Å²) in [7, 11) is 1.31. The lowest BCUT2D eigenvalue weighted by atomic mass is 10.0. The van der Waals surface area contributed by atoms with Crippen molar-refractivity contribution in [2.24, 2.45) is 0 Å². The zero-order chi connectivity index (χ0) is 14.1. The maximum atomic E-state index is 11.4. The summed E-state index contributed by atoms with van der Waals surface area (Å²) in [5.41, 5.74) is 3.34. The predicted octanol–water partition coefficient (Wildman–Crippen LogP) is 2.60. The van der Waals surface area contributed by atoms with E-state index in [4.69, 9.17) is 0 Å². The number of nitrogens with zero attached hydrogens (tertiary/aromatic N) is 1. The number of aliphatic hydroxyl groups is 1. The zero-order valence-corrected chi connectivity index (χ0v) is 11.7. The van der Waals surface area contributed by atoms with Crippen LogP contribution in [0.1, 0.15) is 32.7 Å². The largest absolute Gasteiger partial charge is 0.464 e. The maximum absolute atomic E-state index is 11.4. The first-order valence-corrected chi connectivity index (χ1v) is 7.09. The Balaban J connectivity index is 1.89. The third-order valence-electron chi connectivity index (χ3n) is 3.32. The number of carbonyl (C=O) groups excluding carboxylic acids is 1. The third-order valence-corrected chi connectivity index (χ3v) is 4.21. The molecule has 0 spiro atoms. The van der Waals surface area contributed by atoms with Gasteiger partial charge in [0, 0.05) is 5.38 Å². The van der Waals surface area contributed by atoms with Crippen LogP contribution in [0, 0.1) is 0 Å². The fourth-order valence-electron chi connectivity index (χ4n) is 2.31. The second-order valence-corrected chi connectivity index (χ2v) is 5.38. The topological polar surface area (TPSA) is 59.4 Å². The van der Waals surface area contributed by atoms with Gasteiger partial charge in [0.05, 0.1) is 7.11 Å². The van der Waals surface area contributed by atoms with Crippen LogP contribution < -0.4 is 0 Å². The first kappa shape index (κ1) is 13.0. The van der Waals surface area contributed by atoms with Crippen LogP contribution in [0.25, 0.3) is 5.57 Å². The summed E-state index contributed by atoms with van der Waals surface area (Å²) in [6.07, 6.45) is 2.02. The van der Waals surface area contributed by atoms with Crippen LogP contribution in [0.5, 0.6) is 0 Å². The molecule has 1 N–H and O–H groups in total. The first-order chi connectivity index (χ1) is 9.70. The SMILES string of the molecule is COC(=O)c1csc([C@@H](O)C2=CCc3ccccc32)n1. The Kier molecular flexibility index (Phi) is 3.38. The van der Waals surface area contributed by atoms with Gasteiger partial charge in [-0.3, -0.25) is 0 Å². The van der Waals surface area contributed by atoms with Crippen molar-refractivity contribution in [3.63, 3.8) is 0 Å². The third kappa shape index (κ3) is 2.15. The van der Waals surface area contributed by atoms with Crippen molar-refractivity contribution in [1.29, 1.82) is 0 Å². The quantitative estimate of drug-likeness (QED) is 0.882. The standard InChI is InChI=1S/C15H13NO3S/c1-19-15(18)12-8-20-14(16-12)13(17)11-7-6-9-4-2-3-5-10(9)11/h2-5,7-8,13,17H,6H2,1H3/t13-/m0/s1. The van der Waals surface area contributed by atoms with E-state index in [0.29, 0.717) is 5.01 Å². The Hall–Kier alpha value is -1.98. The monoisotopic (exact) mass is 287 g/mol. The van der Waals surface area contributed by atoms with Crippen LogP contribution in [-0.4, -0.2) is 23.2 Å². The number of thiazole rings is 1. The molecule has 3 rings (SSSR count). The van der Waals surface area contributed by atoms with Gasteiger partial charge in [-0.25, -0.2) is 9.78 Å². The normalized spacial score (nSPS) is 14.6. The van der Waals surface area contributed by atoms with E-state index in [1.165, 1.54) is 24.0 Å². The van der Waals surface area contributed by atoms with Crippen LogP contribution in [0.4, 0.5) is 0 Å². The van der Waals surface area contributed by atoms with Gasteiger partial charge in [-0.15, -0.1) is 11.3 Å². The number of benzene rings is 1. The van der Waals surface area contributed by atoms with Gasteiger partial charge in [0.25, 0.3) is 0 Å². The molecule has 0 fully saturated rings. The molecule has 1 aromatic carbocycles. The van der Waals surface area contributed by atoms with Crippen molar-refractivity contribution >= 4 is 22.9 Å². The van der Waals surface area contributed by atoms with Crippen LogP contribution in [0.15, 0.2) is 35.7 Å². The Morgan fingerprint density at radius 2 is 2.25 bits per heavy atom. The lowest BCUT2D eigenvalue weighted by molar-refractivity contribution is 0.0594. The molecular weight excluding hydrogens is 274 g/mol. The van der Waals surface area contributed by atoms with E-state index < -0.39 is 12.1 Å². The molecule has 1 aromatic heterocycles. The second kappa shape index (κ2) is 5.19. The van der Waals surface area contributed by atoms with Crippen LogP contribution >= 0.6 is 11.3 Å². The summed E-state index contributed by atoms with van der Waals surface area (Å²) in [5.74, 6) is -0.486. The number of rotatable bonds is 3. The summed E-state index contributed by atoms with van der Waals surface area (Å²) in [6, 6.07) is 7.98. The van der Waals surface area contributed by atoms with Gasteiger partial charge < -0.3 is 9.84 Å². The molecule has 0 unspecified atom stereocenters. The Bertz CT molecular complexity index is 690. The summed E-state index contributed by atoms with van der Waals surface area (Å²) in [5, 5.41) is 12.6. The van der Waals surface area contributed by atoms with Gasteiger partial charge in [-0.2, -0.15) is 0 Å². The van der Waals surface area contributed by atoms with Crippen molar-refractivity contribution in [2.75, 3.05) is 7.11 Å². The summed E-state index contributed by atoms with van der Waals surface area (Å²) in [6.45, 7) is 0. The fourth-order valence-corrected chi connectivity index (χ4v) is 3.10. The summed E-state index contributed by atoms with van der Waals surface area (Å²) >= 11 is 1.26. The minimum absolute atomic E-state index is 0.235. The van der Waals surface area contributed by atoms with Crippen LogP contribution in [0.2, 0.25) is 0 Å². The first-order valence-electron chi connectivity index (χ1n) is 6.21. The number of hydrogen-bond donors (Lipinski definition) is 1. The van der Waals surface area contributed by atoms with Gasteiger partial charge in [0.15, 0.2) is 5.69 Å². The van der Waals surface area contributed by atoms with Gasteiger partial charge in [0.1, 0.15) is 11.1 Å². The molecular formula is C15H13NO3S. The van der Waals surface area contributed by atoms with Crippen LogP contribution in [0.3, 0.4) is 0 Å². The number of aromatic nitrogens is 1. The molecule has 0 saturated carbocycles. The second-order valence-electron chi connectivity index (χ2n) is 4.49. The van der Waals surface area contributed by atoms with Gasteiger partial charge >= 0.3 is 5.97 Å². The molecule has 5 heteroatoms. The molecule has 20 heavy (non-hydrogen) atoms. The zero-order valence-electron chi connectivity index (χ0n) is 10.9. The number of ether oxygens (including phenoxy) is 1. The fraction of sp³-hybridized carbons (Fsp3) is 0.200. The highest BCUT2D eigenvalue weighted by molar-refractivity contribution is 7.10. The molecule has 0 saturated heterocycles. The van der Waals surface area contributed by atoms with Gasteiger partial charge in [0.2, 0.25) is 0 Å². The lowest BCUT2D eigenvalue weighted by Crippen LogP contribution is -2.04. The molecule has 2 aromatic rings. The van der Waals surface area contributed by atoms with E-state index in [0.717, 1.165) is 17.6 Å². The number of esters is 1. The van der Waals surface area contributed by atoms with Gasteiger partial charge in [-0.1, -0.05) is 30.3 Å². The number of hydrogen-bond acceptors (Lipinski definition) is 5. The van der Waals surface area contributed by atoms with Crippen molar-refractivity contribution in [1.82, 2.24) is 4.98 Å². The minimum Gasteiger partial charge on any atom is -0.464 e. The van der Waals surface area contributed by atoms with E-state index in [-0.39, 0.29) is 5.69 Å². The van der Waals surface area contributed by atoms with Crippen molar-refractivity contribution in [3.8, 4) is 0 Å². The average molecular weight is 287 g/mol. The van der Waals surface area contributed by atoms with E-state index in [1.54, 1.807) is 5.38 Å². The molecule has 1 aliphatic rings. The molecule has 4 nitrogen and oxygen atoms in total.